The second-order valence-corrected chi connectivity index (χ2v) is 5.28. The highest BCUT2D eigenvalue weighted by molar-refractivity contribution is 5.28. The molecule has 0 heterocycles. The molecule has 0 aromatic heterocycles. The lowest BCUT2D eigenvalue weighted by Crippen LogP contribution is -2.19. The van der Waals surface area contributed by atoms with Gasteiger partial charge in [-0.2, -0.15) is 0 Å². The Bertz CT molecular complexity index is 340. The first-order valence-corrected chi connectivity index (χ1v) is 6.64. The van der Waals surface area contributed by atoms with E-state index in [1.807, 2.05) is 13.8 Å². The fourth-order valence-electron chi connectivity index (χ4n) is 2.15. The summed E-state index contributed by atoms with van der Waals surface area (Å²) >= 11 is 0. The van der Waals surface area contributed by atoms with Crippen molar-refractivity contribution in [2.45, 2.75) is 51.2 Å². The van der Waals surface area contributed by atoms with E-state index >= 15 is 0 Å². The van der Waals surface area contributed by atoms with Gasteiger partial charge >= 0.3 is 0 Å². The highest BCUT2D eigenvalue weighted by atomic mass is 16.5. The third-order valence-electron chi connectivity index (χ3n) is 3.55. The van der Waals surface area contributed by atoms with Gasteiger partial charge in [-0.05, 0) is 43.7 Å². The maximum Gasteiger partial charge on any atom is 0.0662 e. The molecule has 17 heavy (non-hydrogen) atoms. The smallest absolute Gasteiger partial charge is 0.0662 e. The van der Waals surface area contributed by atoms with Gasteiger partial charge in [-0.3, -0.25) is 0 Å². The van der Waals surface area contributed by atoms with E-state index in [1.165, 1.54) is 30.4 Å². The Kier molecular flexibility index (Phi) is 4.19. The van der Waals surface area contributed by atoms with E-state index in [4.69, 9.17) is 10.5 Å². The second-order valence-electron chi connectivity index (χ2n) is 5.28. The van der Waals surface area contributed by atoms with Crippen LogP contribution in [0.15, 0.2) is 24.3 Å². The van der Waals surface area contributed by atoms with Crippen molar-refractivity contribution >= 4 is 0 Å². The van der Waals surface area contributed by atoms with Gasteiger partial charge in [0.25, 0.3) is 0 Å². The molecule has 0 bridgehead atoms. The van der Waals surface area contributed by atoms with Crippen molar-refractivity contribution in [1.82, 2.24) is 0 Å². The van der Waals surface area contributed by atoms with Crippen LogP contribution in [0.5, 0.6) is 0 Å². The fraction of sp³-hybridized carbons (Fsp3) is 0.600. The topological polar surface area (TPSA) is 35.2 Å². The van der Waals surface area contributed by atoms with Crippen LogP contribution in [0.3, 0.4) is 0 Å². The van der Waals surface area contributed by atoms with Crippen molar-refractivity contribution in [3.63, 3.8) is 0 Å². The minimum atomic E-state index is -0.00663. The first kappa shape index (κ1) is 12.6. The standard InChI is InChI=1S/C15H23NO/c1-11(2)17-10-15(16)14-8-6-13(7-9-14)12-4-3-5-12/h6-9,11-12,15H,3-5,10,16H2,1-2H3. The normalized spacial score (nSPS) is 18.1. The molecule has 2 N–H and O–H groups in total. The van der Waals surface area contributed by atoms with Crippen LogP contribution in [-0.4, -0.2) is 12.7 Å². The van der Waals surface area contributed by atoms with Gasteiger partial charge in [-0.25, -0.2) is 0 Å². The van der Waals surface area contributed by atoms with Gasteiger partial charge < -0.3 is 10.5 Å². The van der Waals surface area contributed by atoms with Crippen molar-refractivity contribution in [1.29, 1.82) is 0 Å². The third-order valence-corrected chi connectivity index (χ3v) is 3.55. The lowest BCUT2D eigenvalue weighted by molar-refractivity contribution is 0.0683. The minimum Gasteiger partial charge on any atom is -0.377 e. The first-order chi connectivity index (χ1) is 8.16. The molecule has 0 amide bonds. The third kappa shape index (κ3) is 3.30. The molecule has 2 nitrogen and oxygen atoms in total. The maximum absolute atomic E-state index is 6.09. The van der Waals surface area contributed by atoms with Gasteiger partial charge in [0.2, 0.25) is 0 Å². The van der Waals surface area contributed by atoms with Gasteiger partial charge in [0.15, 0.2) is 0 Å². The highest BCUT2D eigenvalue weighted by Gasteiger charge is 2.19. The Hall–Kier alpha value is -0.860. The Labute approximate surface area is 104 Å². The molecule has 1 unspecified atom stereocenters. The van der Waals surface area contributed by atoms with Crippen LogP contribution in [0.4, 0.5) is 0 Å². The quantitative estimate of drug-likeness (QED) is 0.846. The monoisotopic (exact) mass is 233 g/mol. The summed E-state index contributed by atoms with van der Waals surface area (Å²) in [5, 5.41) is 0. The second kappa shape index (κ2) is 5.65. The van der Waals surface area contributed by atoms with Crippen LogP contribution < -0.4 is 5.73 Å². The van der Waals surface area contributed by atoms with E-state index in [0.29, 0.717) is 6.61 Å². The predicted octanol–water partition coefficient (Wildman–Crippen LogP) is 3.38. The summed E-state index contributed by atoms with van der Waals surface area (Å²) in [5.41, 5.74) is 8.74. The average molecular weight is 233 g/mol. The summed E-state index contributed by atoms with van der Waals surface area (Å²) < 4.78 is 5.54. The summed E-state index contributed by atoms with van der Waals surface area (Å²) in [6.07, 6.45) is 4.33. The molecule has 1 atom stereocenters. The van der Waals surface area contributed by atoms with Crippen LogP contribution in [0.1, 0.15) is 56.2 Å². The molecule has 1 aliphatic carbocycles. The number of hydrogen-bond donors (Lipinski definition) is 1. The predicted molar refractivity (Wildman–Crippen MR) is 71.1 cm³/mol. The molecule has 94 valence electrons. The maximum atomic E-state index is 6.09. The zero-order chi connectivity index (χ0) is 12.3. The van der Waals surface area contributed by atoms with Crippen LogP contribution in [-0.2, 0) is 4.74 Å². The van der Waals surface area contributed by atoms with E-state index < -0.39 is 0 Å². The number of benzene rings is 1. The van der Waals surface area contributed by atoms with E-state index in [0.717, 1.165) is 5.92 Å². The molecule has 1 aromatic rings. The molecular formula is C15H23NO. The van der Waals surface area contributed by atoms with Crippen LogP contribution in [0, 0.1) is 0 Å². The van der Waals surface area contributed by atoms with E-state index in [1.54, 1.807) is 0 Å². The van der Waals surface area contributed by atoms with Crippen LogP contribution >= 0.6 is 0 Å². The van der Waals surface area contributed by atoms with E-state index in [2.05, 4.69) is 24.3 Å². The van der Waals surface area contributed by atoms with Crippen molar-refractivity contribution in [3.05, 3.63) is 35.4 Å². The summed E-state index contributed by atoms with van der Waals surface area (Å²) in [5.74, 6) is 0.798. The summed E-state index contributed by atoms with van der Waals surface area (Å²) in [7, 11) is 0. The Morgan fingerprint density at radius 3 is 2.35 bits per heavy atom. The zero-order valence-corrected chi connectivity index (χ0v) is 10.9. The molecule has 0 saturated heterocycles. The fourth-order valence-corrected chi connectivity index (χ4v) is 2.15. The number of nitrogens with two attached hydrogens (primary N) is 1. The van der Waals surface area contributed by atoms with E-state index in [9.17, 15) is 0 Å². The first-order valence-electron chi connectivity index (χ1n) is 6.64. The van der Waals surface area contributed by atoms with Gasteiger partial charge in [0.05, 0.1) is 18.8 Å². The average Bonchev–Trinajstić information content (AvgIpc) is 2.24. The van der Waals surface area contributed by atoms with Gasteiger partial charge in [0.1, 0.15) is 0 Å². The molecule has 2 heteroatoms. The lowest BCUT2D eigenvalue weighted by atomic mass is 9.80. The minimum absolute atomic E-state index is 0.00663. The molecule has 0 spiro atoms. The summed E-state index contributed by atoms with van der Waals surface area (Å²) in [6, 6.07) is 8.76. The molecule has 2 rings (SSSR count). The molecular weight excluding hydrogens is 210 g/mol. The van der Waals surface area contributed by atoms with Crippen LogP contribution in [0.25, 0.3) is 0 Å². The molecule has 1 aromatic carbocycles. The van der Waals surface area contributed by atoms with Crippen molar-refractivity contribution in [2.75, 3.05) is 6.61 Å². The number of rotatable bonds is 5. The molecule has 0 aliphatic heterocycles. The SMILES string of the molecule is CC(C)OCC(N)c1ccc(C2CCC2)cc1. The summed E-state index contributed by atoms with van der Waals surface area (Å²) in [4.78, 5) is 0. The number of hydrogen-bond acceptors (Lipinski definition) is 2. The summed E-state index contributed by atoms with van der Waals surface area (Å²) in [6.45, 7) is 4.67. The Balaban J connectivity index is 1.92. The van der Waals surface area contributed by atoms with Crippen molar-refractivity contribution in [3.8, 4) is 0 Å². The lowest BCUT2D eigenvalue weighted by Gasteiger charge is -2.26. The van der Waals surface area contributed by atoms with Gasteiger partial charge in [0, 0.05) is 0 Å². The Morgan fingerprint density at radius 2 is 1.88 bits per heavy atom. The van der Waals surface area contributed by atoms with E-state index in [-0.39, 0.29) is 12.1 Å². The van der Waals surface area contributed by atoms with Gasteiger partial charge in [-0.1, -0.05) is 30.7 Å². The largest absolute Gasteiger partial charge is 0.377 e. The Morgan fingerprint density at radius 1 is 1.24 bits per heavy atom. The highest BCUT2D eigenvalue weighted by Crippen LogP contribution is 2.36. The molecule has 1 aliphatic rings. The van der Waals surface area contributed by atoms with Crippen molar-refractivity contribution in [2.24, 2.45) is 5.73 Å². The van der Waals surface area contributed by atoms with Crippen LogP contribution in [0.2, 0.25) is 0 Å². The molecule has 1 fully saturated rings. The number of ether oxygens (including phenoxy) is 1. The zero-order valence-electron chi connectivity index (χ0n) is 10.9. The van der Waals surface area contributed by atoms with Gasteiger partial charge in [-0.15, -0.1) is 0 Å². The molecule has 1 saturated carbocycles. The van der Waals surface area contributed by atoms with Crippen molar-refractivity contribution < 1.29 is 4.74 Å². The molecule has 0 radical (unpaired) electrons.